The van der Waals surface area contributed by atoms with E-state index < -0.39 is 33.7 Å². The normalized spacial score (nSPS) is 17.9. The molecular formula is C19H28N2O6S. The third-order valence-corrected chi connectivity index (χ3v) is 5.06. The van der Waals surface area contributed by atoms with E-state index in [9.17, 15) is 18.0 Å². The van der Waals surface area contributed by atoms with Crippen molar-refractivity contribution < 1.29 is 27.5 Å². The monoisotopic (exact) mass is 412 g/mol. The maximum atomic E-state index is 12.5. The van der Waals surface area contributed by atoms with Gasteiger partial charge in [-0.05, 0) is 26.3 Å². The van der Waals surface area contributed by atoms with Gasteiger partial charge in [0, 0.05) is 25.9 Å². The minimum absolute atomic E-state index is 0.0718. The van der Waals surface area contributed by atoms with Gasteiger partial charge in [0.25, 0.3) is 0 Å². The highest BCUT2D eigenvalue weighted by molar-refractivity contribution is 7.90. The number of rotatable bonds is 4. The molecule has 8 nitrogen and oxygen atoms in total. The van der Waals surface area contributed by atoms with Crippen LogP contribution in [0, 0.1) is 0 Å². The zero-order chi connectivity index (χ0) is 20.9. The number of carbonyl (C=O) groups excluding carboxylic acids is 2. The van der Waals surface area contributed by atoms with E-state index in [2.05, 4.69) is 0 Å². The third-order valence-electron chi connectivity index (χ3n) is 4.07. The van der Waals surface area contributed by atoms with E-state index in [1.807, 2.05) is 30.3 Å². The summed E-state index contributed by atoms with van der Waals surface area (Å²) in [7, 11) is -3.37. The summed E-state index contributed by atoms with van der Waals surface area (Å²) < 4.78 is 34.4. The Kier molecular flexibility index (Phi) is 6.92. The fourth-order valence-electron chi connectivity index (χ4n) is 2.88. The number of sulfone groups is 1. The van der Waals surface area contributed by atoms with Crippen molar-refractivity contribution in [2.24, 2.45) is 0 Å². The molecule has 0 N–H and O–H groups in total. The summed E-state index contributed by atoms with van der Waals surface area (Å²) in [6, 6.07) is 8.52. The Morgan fingerprint density at radius 3 is 2.32 bits per heavy atom. The predicted molar refractivity (Wildman–Crippen MR) is 105 cm³/mol. The SMILES string of the molecule is CC(C)(C)OC(=O)N1CCN(C(=O)OCc2ccccc2)[C@@H](CS(C)(=O)=O)C1. The largest absolute Gasteiger partial charge is 0.445 e. The second kappa shape index (κ2) is 8.81. The van der Waals surface area contributed by atoms with E-state index in [0.717, 1.165) is 11.8 Å². The van der Waals surface area contributed by atoms with Gasteiger partial charge in [0.15, 0.2) is 0 Å². The van der Waals surface area contributed by atoms with E-state index in [1.54, 1.807) is 20.8 Å². The number of piperazine rings is 1. The Hall–Kier alpha value is -2.29. The number of ether oxygens (including phenoxy) is 2. The van der Waals surface area contributed by atoms with Crippen LogP contribution in [0.2, 0.25) is 0 Å². The van der Waals surface area contributed by atoms with Crippen molar-refractivity contribution in [3.63, 3.8) is 0 Å². The number of carbonyl (C=O) groups is 2. The zero-order valence-electron chi connectivity index (χ0n) is 16.8. The van der Waals surface area contributed by atoms with E-state index in [0.29, 0.717) is 0 Å². The van der Waals surface area contributed by atoms with Gasteiger partial charge in [-0.15, -0.1) is 0 Å². The smallest absolute Gasteiger partial charge is 0.410 e. The molecular weight excluding hydrogens is 384 g/mol. The highest BCUT2D eigenvalue weighted by atomic mass is 32.2. The lowest BCUT2D eigenvalue weighted by atomic mass is 10.2. The Morgan fingerprint density at radius 1 is 1.11 bits per heavy atom. The fourth-order valence-corrected chi connectivity index (χ4v) is 3.87. The molecule has 1 aliphatic heterocycles. The number of amides is 2. The van der Waals surface area contributed by atoms with E-state index in [-0.39, 0.29) is 32.0 Å². The number of benzene rings is 1. The molecule has 0 unspecified atom stereocenters. The van der Waals surface area contributed by atoms with Crippen molar-refractivity contribution in [2.45, 2.75) is 39.0 Å². The Labute approximate surface area is 166 Å². The summed E-state index contributed by atoms with van der Waals surface area (Å²) in [4.78, 5) is 27.7. The molecule has 1 fully saturated rings. The van der Waals surface area contributed by atoms with Gasteiger partial charge >= 0.3 is 12.2 Å². The van der Waals surface area contributed by atoms with Crippen molar-refractivity contribution in [3.8, 4) is 0 Å². The quantitative estimate of drug-likeness (QED) is 0.753. The molecule has 1 saturated heterocycles. The summed E-state index contributed by atoms with van der Waals surface area (Å²) in [5.74, 6) is -0.257. The van der Waals surface area contributed by atoms with Crippen LogP contribution >= 0.6 is 0 Å². The molecule has 2 amide bonds. The Morgan fingerprint density at radius 2 is 1.75 bits per heavy atom. The van der Waals surface area contributed by atoms with Crippen LogP contribution in [0.5, 0.6) is 0 Å². The van der Waals surface area contributed by atoms with E-state index in [4.69, 9.17) is 9.47 Å². The second-order valence-electron chi connectivity index (χ2n) is 7.91. The molecule has 1 heterocycles. The van der Waals surface area contributed by atoms with Gasteiger partial charge < -0.3 is 19.3 Å². The molecule has 9 heteroatoms. The molecule has 1 atom stereocenters. The summed E-state index contributed by atoms with van der Waals surface area (Å²) >= 11 is 0. The van der Waals surface area contributed by atoms with Gasteiger partial charge in [-0.2, -0.15) is 0 Å². The molecule has 2 rings (SSSR count). The average Bonchev–Trinajstić information content (AvgIpc) is 2.57. The number of hydrogen-bond acceptors (Lipinski definition) is 6. The molecule has 1 aromatic rings. The standard InChI is InChI=1S/C19H28N2O6S/c1-19(2,3)27-17(22)20-10-11-21(16(12-20)14-28(4,24)25)18(23)26-13-15-8-6-5-7-9-15/h5-9,16H,10-14H2,1-4H3/t16-/m1/s1. The van der Waals surface area contributed by atoms with Gasteiger partial charge in [0.05, 0.1) is 11.8 Å². The van der Waals surface area contributed by atoms with Crippen LogP contribution in [-0.4, -0.2) is 73.7 Å². The summed E-state index contributed by atoms with van der Waals surface area (Å²) in [5.41, 5.74) is 0.178. The first-order valence-electron chi connectivity index (χ1n) is 9.07. The van der Waals surface area contributed by atoms with Crippen molar-refractivity contribution in [1.29, 1.82) is 0 Å². The van der Waals surface area contributed by atoms with Crippen LogP contribution in [-0.2, 0) is 25.9 Å². The van der Waals surface area contributed by atoms with Gasteiger partial charge in [-0.25, -0.2) is 18.0 Å². The van der Waals surface area contributed by atoms with Crippen LogP contribution in [0.4, 0.5) is 9.59 Å². The lowest BCUT2D eigenvalue weighted by molar-refractivity contribution is 0.00364. The maximum Gasteiger partial charge on any atom is 0.410 e. The molecule has 28 heavy (non-hydrogen) atoms. The minimum atomic E-state index is -3.37. The van der Waals surface area contributed by atoms with Crippen molar-refractivity contribution in [1.82, 2.24) is 9.80 Å². The predicted octanol–water partition coefficient (Wildman–Crippen LogP) is 2.29. The minimum Gasteiger partial charge on any atom is -0.445 e. The molecule has 0 bridgehead atoms. The number of hydrogen-bond donors (Lipinski definition) is 0. The highest BCUT2D eigenvalue weighted by Crippen LogP contribution is 2.17. The molecule has 1 aromatic carbocycles. The van der Waals surface area contributed by atoms with Crippen LogP contribution in [0.1, 0.15) is 26.3 Å². The van der Waals surface area contributed by atoms with Gasteiger partial charge in [0.2, 0.25) is 0 Å². The molecule has 0 saturated carbocycles. The van der Waals surface area contributed by atoms with Gasteiger partial charge in [0.1, 0.15) is 22.0 Å². The molecule has 0 radical (unpaired) electrons. The second-order valence-corrected chi connectivity index (χ2v) is 10.1. The lowest BCUT2D eigenvalue weighted by Gasteiger charge is -2.40. The average molecular weight is 413 g/mol. The van der Waals surface area contributed by atoms with Gasteiger partial charge in [-0.3, -0.25) is 0 Å². The van der Waals surface area contributed by atoms with Crippen LogP contribution < -0.4 is 0 Å². The number of nitrogens with zero attached hydrogens (tertiary/aromatic N) is 2. The van der Waals surface area contributed by atoms with Crippen LogP contribution in [0.15, 0.2) is 30.3 Å². The first kappa shape index (κ1) is 22.0. The van der Waals surface area contributed by atoms with Crippen molar-refractivity contribution in [2.75, 3.05) is 31.6 Å². The first-order valence-corrected chi connectivity index (χ1v) is 11.1. The highest BCUT2D eigenvalue weighted by Gasteiger charge is 2.36. The van der Waals surface area contributed by atoms with Crippen LogP contribution in [0.3, 0.4) is 0 Å². The Balaban J connectivity index is 2.06. The molecule has 156 valence electrons. The van der Waals surface area contributed by atoms with Crippen molar-refractivity contribution in [3.05, 3.63) is 35.9 Å². The topological polar surface area (TPSA) is 93.2 Å². The molecule has 0 spiro atoms. The third kappa shape index (κ3) is 7.03. The van der Waals surface area contributed by atoms with Crippen LogP contribution in [0.25, 0.3) is 0 Å². The maximum absolute atomic E-state index is 12.5. The summed E-state index contributed by atoms with van der Waals surface area (Å²) in [6.07, 6.45) is -0.0166. The molecule has 0 aromatic heterocycles. The van der Waals surface area contributed by atoms with E-state index >= 15 is 0 Å². The first-order chi connectivity index (χ1) is 12.9. The summed E-state index contributed by atoms with van der Waals surface area (Å²) in [5, 5.41) is 0. The molecule has 1 aliphatic rings. The molecule has 0 aliphatic carbocycles. The Bertz CT molecular complexity index is 788. The zero-order valence-corrected chi connectivity index (χ0v) is 17.6. The van der Waals surface area contributed by atoms with Gasteiger partial charge in [-0.1, -0.05) is 30.3 Å². The lowest BCUT2D eigenvalue weighted by Crippen LogP contribution is -2.59. The van der Waals surface area contributed by atoms with Crippen molar-refractivity contribution >= 4 is 22.0 Å². The fraction of sp³-hybridized carbons (Fsp3) is 0.579. The van der Waals surface area contributed by atoms with E-state index in [1.165, 1.54) is 9.80 Å². The summed E-state index contributed by atoms with van der Waals surface area (Å²) in [6.45, 7) is 5.87.